The summed E-state index contributed by atoms with van der Waals surface area (Å²) in [6.07, 6.45) is 3.55. The molecular formula is C14H23ClN2. The van der Waals surface area contributed by atoms with Crippen molar-refractivity contribution < 1.29 is 0 Å². The van der Waals surface area contributed by atoms with Crippen molar-refractivity contribution in [3.05, 3.63) is 35.4 Å². The molecule has 2 nitrogen and oxygen atoms in total. The van der Waals surface area contributed by atoms with Gasteiger partial charge in [-0.25, -0.2) is 0 Å². The molecule has 96 valence electrons. The number of nitrogens with two attached hydrogens (primary N) is 1. The fourth-order valence-corrected chi connectivity index (χ4v) is 2.37. The maximum Gasteiger partial charge on any atom is 0.0234 e. The van der Waals surface area contributed by atoms with Crippen LogP contribution in [0.5, 0.6) is 0 Å². The predicted molar refractivity (Wildman–Crippen MR) is 75.6 cm³/mol. The SMILES string of the molecule is CCc1ccc(CN2CCC[C@@H](N)C2)cc1.Cl. The van der Waals surface area contributed by atoms with Crippen LogP contribution in [0.15, 0.2) is 24.3 Å². The molecule has 1 aliphatic heterocycles. The highest BCUT2D eigenvalue weighted by Gasteiger charge is 2.16. The molecule has 0 aromatic heterocycles. The van der Waals surface area contributed by atoms with Crippen molar-refractivity contribution in [2.24, 2.45) is 5.73 Å². The van der Waals surface area contributed by atoms with Gasteiger partial charge in [0.2, 0.25) is 0 Å². The van der Waals surface area contributed by atoms with E-state index in [1.54, 1.807) is 0 Å². The molecule has 1 heterocycles. The largest absolute Gasteiger partial charge is 0.327 e. The number of aryl methyl sites for hydroxylation is 1. The van der Waals surface area contributed by atoms with Crippen LogP contribution in [-0.2, 0) is 13.0 Å². The zero-order valence-corrected chi connectivity index (χ0v) is 11.4. The number of hydrogen-bond acceptors (Lipinski definition) is 2. The van der Waals surface area contributed by atoms with Gasteiger partial charge in [0.15, 0.2) is 0 Å². The van der Waals surface area contributed by atoms with Gasteiger partial charge < -0.3 is 5.73 Å². The van der Waals surface area contributed by atoms with Crippen LogP contribution in [0.2, 0.25) is 0 Å². The number of nitrogens with zero attached hydrogens (tertiary/aromatic N) is 1. The Morgan fingerprint density at radius 3 is 2.47 bits per heavy atom. The van der Waals surface area contributed by atoms with E-state index in [0.29, 0.717) is 6.04 Å². The highest BCUT2D eigenvalue weighted by atomic mass is 35.5. The van der Waals surface area contributed by atoms with E-state index in [1.165, 1.54) is 30.5 Å². The van der Waals surface area contributed by atoms with Gasteiger partial charge in [0, 0.05) is 19.1 Å². The van der Waals surface area contributed by atoms with Crippen LogP contribution in [0, 0.1) is 0 Å². The van der Waals surface area contributed by atoms with Crippen LogP contribution < -0.4 is 5.73 Å². The minimum Gasteiger partial charge on any atom is -0.327 e. The molecule has 0 radical (unpaired) electrons. The Morgan fingerprint density at radius 1 is 1.24 bits per heavy atom. The molecule has 1 aromatic carbocycles. The van der Waals surface area contributed by atoms with Gasteiger partial charge in [-0.3, -0.25) is 4.90 Å². The molecule has 1 aromatic rings. The van der Waals surface area contributed by atoms with Gasteiger partial charge in [0.1, 0.15) is 0 Å². The molecule has 0 aliphatic carbocycles. The number of rotatable bonds is 3. The smallest absolute Gasteiger partial charge is 0.0234 e. The third-order valence-corrected chi connectivity index (χ3v) is 3.38. The summed E-state index contributed by atoms with van der Waals surface area (Å²) >= 11 is 0. The maximum atomic E-state index is 5.98. The molecular weight excluding hydrogens is 232 g/mol. The second kappa shape index (κ2) is 7.00. The van der Waals surface area contributed by atoms with E-state index in [9.17, 15) is 0 Å². The fraction of sp³-hybridized carbons (Fsp3) is 0.571. The quantitative estimate of drug-likeness (QED) is 0.899. The molecule has 0 saturated carbocycles. The lowest BCUT2D eigenvalue weighted by atomic mass is 10.0. The summed E-state index contributed by atoms with van der Waals surface area (Å²) < 4.78 is 0. The molecule has 1 atom stereocenters. The lowest BCUT2D eigenvalue weighted by Crippen LogP contribution is -2.42. The van der Waals surface area contributed by atoms with Gasteiger partial charge in [-0.1, -0.05) is 31.2 Å². The number of piperidine rings is 1. The second-order valence-corrected chi connectivity index (χ2v) is 4.81. The van der Waals surface area contributed by atoms with Crippen molar-refractivity contribution >= 4 is 12.4 Å². The molecule has 0 spiro atoms. The average Bonchev–Trinajstić information content (AvgIpc) is 2.30. The summed E-state index contributed by atoms with van der Waals surface area (Å²) in [7, 11) is 0. The number of likely N-dealkylation sites (tertiary alicyclic amines) is 1. The Labute approximate surface area is 111 Å². The Bertz CT molecular complexity index is 323. The van der Waals surface area contributed by atoms with E-state index >= 15 is 0 Å². The standard InChI is InChI=1S/C14H22N2.ClH/c1-2-12-5-7-13(8-6-12)10-16-9-3-4-14(15)11-16;/h5-8,14H,2-4,9-11,15H2,1H3;1H/t14-;/m1./s1. The van der Waals surface area contributed by atoms with E-state index in [4.69, 9.17) is 5.73 Å². The number of halogens is 1. The number of hydrogen-bond donors (Lipinski definition) is 1. The molecule has 3 heteroatoms. The van der Waals surface area contributed by atoms with Crippen molar-refractivity contribution in [2.75, 3.05) is 13.1 Å². The van der Waals surface area contributed by atoms with Crippen molar-refractivity contribution in [1.82, 2.24) is 4.90 Å². The molecule has 1 fully saturated rings. The number of benzene rings is 1. The first-order chi connectivity index (χ1) is 7.78. The van der Waals surface area contributed by atoms with E-state index < -0.39 is 0 Å². The summed E-state index contributed by atoms with van der Waals surface area (Å²) in [5.74, 6) is 0. The lowest BCUT2D eigenvalue weighted by molar-refractivity contribution is 0.201. The van der Waals surface area contributed by atoms with Crippen LogP contribution in [-0.4, -0.2) is 24.0 Å². The normalized spacial score (nSPS) is 20.9. The second-order valence-electron chi connectivity index (χ2n) is 4.81. The highest BCUT2D eigenvalue weighted by molar-refractivity contribution is 5.85. The third kappa shape index (κ3) is 4.30. The minimum absolute atomic E-state index is 0. The molecule has 0 bridgehead atoms. The van der Waals surface area contributed by atoms with E-state index in [1.807, 2.05) is 0 Å². The summed E-state index contributed by atoms with van der Waals surface area (Å²) in [5, 5.41) is 0. The summed E-state index contributed by atoms with van der Waals surface area (Å²) in [4.78, 5) is 2.47. The van der Waals surface area contributed by atoms with Crippen molar-refractivity contribution in [3.8, 4) is 0 Å². The Morgan fingerprint density at radius 2 is 1.88 bits per heavy atom. The molecule has 17 heavy (non-hydrogen) atoms. The van der Waals surface area contributed by atoms with Crippen LogP contribution >= 0.6 is 12.4 Å². The molecule has 1 aliphatic rings. The molecule has 2 rings (SSSR count). The first-order valence-corrected chi connectivity index (χ1v) is 6.33. The van der Waals surface area contributed by atoms with E-state index in [-0.39, 0.29) is 12.4 Å². The first-order valence-electron chi connectivity index (χ1n) is 6.33. The lowest BCUT2D eigenvalue weighted by Gasteiger charge is -2.30. The predicted octanol–water partition coefficient (Wildman–Crippen LogP) is 2.59. The van der Waals surface area contributed by atoms with Gasteiger partial charge >= 0.3 is 0 Å². The minimum atomic E-state index is 0. The third-order valence-electron chi connectivity index (χ3n) is 3.38. The van der Waals surface area contributed by atoms with Crippen molar-refractivity contribution in [2.45, 2.75) is 38.8 Å². The molecule has 0 amide bonds. The molecule has 0 unspecified atom stereocenters. The van der Waals surface area contributed by atoms with E-state index in [2.05, 4.69) is 36.1 Å². The van der Waals surface area contributed by atoms with Crippen LogP contribution in [0.3, 0.4) is 0 Å². The molecule has 1 saturated heterocycles. The van der Waals surface area contributed by atoms with Gasteiger partial charge in [-0.15, -0.1) is 12.4 Å². The average molecular weight is 255 g/mol. The summed E-state index contributed by atoms with van der Waals surface area (Å²) in [6, 6.07) is 9.35. The summed E-state index contributed by atoms with van der Waals surface area (Å²) in [5.41, 5.74) is 8.81. The maximum absolute atomic E-state index is 5.98. The van der Waals surface area contributed by atoms with Gasteiger partial charge in [-0.05, 0) is 36.9 Å². The zero-order valence-electron chi connectivity index (χ0n) is 10.6. The molecule has 2 N–H and O–H groups in total. The Kier molecular flexibility index (Phi) is 5.96. The monoisotopic (exact) mass is 254 g/mol. The van der Waals surface area contributed by atoms with Crippen LogP contribution in [0.4, 0.5) is 0 Å². The van der Waals surface area contributed by atoms with Crippen LogP contribution in [0.25, 0.3) is 0 Å². The Balaban J connectivity index is 0.00000144. The van der Waals surface area contributed by atoms with Gasteiger partial charge in [0.05, 0.1) is 0 Å². The zero-order chi connectivity index (χ0) is 11.4. The first kappa shape index (κ1) is 14.5. The van der Waals surface area contributed by atoms with Gasteiger partial charge in [0.25, 0.3) is 0 Å². The van der Waals surface area contributed by atoms with Crippen molar-refractivity contribution in [3.63, 3.8) is 0 Å². The van der Waals surface area contributed by atoms with Crippen molar-refractivity contribution in [1.29, 1.82) is 0 Å². The Hall–Kier alpha value is -0.570. The van der Waals surface area contributed by atoms with Gasteiger partial charge in [-0.2, -0.15) is 0 Å². The summed E-state index contributed by atoms with van der Waals surface area (Å²) in [6.45, 7) is 5.50. The highest BCUT2D eigenvalue weighted by Crippen LogP contribution is 2.13. The topological polar surface area (TPSA) is 29.3 Å². The van der Waals surface area contributed by atoms with E-state index in [0.717, 1.165) is 19.5 Å². The fourth-order valence-electron chi connectivity index (χ4n) is 2.37. The van der Waals surface area contributed by atoms with Crippen LogP contribution in [0.1, 0.15) is 30.9 Å².